The topological polar surface area (TPSA) is 63.5 Å². The maximum atomic E-state index is 12.5. The van der Waals surface area contributed by atoms with Crippen LogP contribution < -0.4 is 0 Å². The van der Waals surface area contributed by atoms with E-state index in [1.165, 1.54) is 0 Å². The van der Waals surface area contributed by atoms with Gasteiger partial charge in [0.15, 0.2) is 0 Å². The quantitative estimate of drug-likeness (QED) is 0.785. The Hall–Kier alpha value is -1.97. The molecule has 0 radical (unpaired) electrons. The number of piperazine rings is 1. The van der Waals surface area contributed by atoms with Crippen molar-refractivity contribution in [3.8, 4) is 6.07 Å². The molecule has 24 heavy (non-hydrogen) atoms. The molecule has 1 aliphatic rings. The van der Waals surface area contributed by atoms with Crippen molar-refractivity contribution in [1.29, 1.82) is 5.26 Å². The molecule has 0 spiro atoms. The van der Waals surface area contributed by atoms with E-state index in [9.17, 15) is 10.1 Å². The second kappa shape index (κ2) is 8.76. The molecule has 0 N–H and O–H groups in total. The Bertz CT molecular complexity index is 561. The highest BCUT2D eigenvalue weighted by Gasteiger charge is 2.27. The van der Waals surface area contributed by atoms with Gasteiger partial charge in [0, 0.05) is 45.1 Å². The lowest BCUT2D eigenvalue weighted by molar-refractivity contribution is -0.134. The molecule has 0 bridgehead atoms. The number of aromatic nitrogens is 1. The Morgan fingerprint density at radius 2 is 2.08 bits per heavy atom. The standard InChI is InChI=1S/C18H27N5O/c1-15(2)17(11-19)22-7-9-23(10-8-22)18(24)14-21(3)13-16-5-4-6-20-12-16/h4-6,12,15,17H,7-10,13-14H2,1-3H3. The van der Waals surface area contributed by atoms with Crippen LogP contribution in [0.1, 0.15) is 19.4 Å². The molecule has 1 aliphatic heterocycles. The highest BCUT2D eigenvalue weighted by molar-refractivity contribution is 5.78. The third-order valence-corrected chi connectivity index (χ3v) is 4.40. The molecule has 130 valence electrons. The molecule has 1 aromatic heterocycles. The maximum Gasteiger partial charge on any atom is 0.236 e. The van der Waals surface area contributed by atoms with E-state index in [0.29, 0.717) is 32.1 Å². The third kappa shape index (κ3) is 5.02. The van der Waals surface area contributed by atoms with Crippen LogP contribution in [0.2, 0.25) is 0 Å². The average Bonchev–Trinajstić information content (AvgIpc) is 2.56. The Morgan fingerprint density at radius 1 is 1.38 bits per heavy atom. The van der Waals surface area contributed by atoms with Crippen molar-refractivity contribution >= 4 is 5.91 Å². The monoisotopic (exact) mass is 329 g/mol. The van der Waals surface area contributed by atoms with Gasteiger partial charge in [-0.15, -0.1) is 0 Å². The number of nitrogens with zero attached hydrogens (tertiary/aromatic N) is 5. The van der Waals surface area contributed by atoms with Gasteiger partial charge < -0.3 is 4.90 Å². The van der Waals surface area contributed by atoms with Crippen molar-refractivity contribution in [3.05, 3.63) is 30.1 Å². The lowest BCUT2D eigenvalue weighted by Gasteiger charge is -2.38. The van der Waals surface area contributed by atoms with Gasteiger partial charge in [-0.25, -0.2) is 0 Å². The summed E-state index contributed by atoms with van der Waals surface area (Å²) in [6, 6.07) is 6.25. The first kappa shape index (κ1) is 18.4. The zero-order chi connectivity index (χ0) is 17.5. The van der Waals surface area contributed by atoms with Crippen molar-refractivity contribution in [1.82, 2.24) is 19.7 Å². The van der Waals surface area contributed by atoms with Crippen molar-refractivity contribution in [2.75, 3.05) is 39.8 Å². The van der Waals surface area contributed by atoms with Crippen molar-refractivity contribution in [2.45, 2.75) is 26.4 Å². The third-order valence-electron chi connectivity index (χ3n) is 4.40. The lowest BCUT2D eigenvalue weighted by atomic mass is 10.0. The van der Waals surface area contributed by atoms with Gasteiger partial charge in [-0.2, -0.15) is 5.26 Å². The smallest absolute Gasteiger partial charge is 0.236 e. The van der Waals surface area contributed by atoms with Gasteiger partial charge in [0.1, 0.15) is 6.04 Å². The molecule has 0 saturated carbocycles. The zero-order valence-electron chi connectivity index (χ0n) is 14.9. The van der Waals surface area contributed by atoms with Gasteiger partial charge >= 0.3 is 0 Å². The molecular formula is C18H27N5O. The van der Waals surface area contributed by atoms with E-state index in [2.05, 4.69) is 29.8 Å². The minimum Gasteiger partial charge on any atom is -0.339 e. The number of amides is 1. The second-order valence-corrected chi connectivity index (χ2v) is 6.77. The summed E-state index contributed by atoms with van der Waals surface area (Å²) in [6.07, 6.45) is 3.58. The van der Waals surface area contributed by atoms with Crippen LogP contribution in [-0.4, -0.2) is 71.4 Å². The Morgan fingerprint density at radius 3 is 2.62 bits per heavy atom. The van der Waals surface area contributed by atoms with Gasteiger partial charge in [-0.05, 0) is 24.6 Å². The highest BCUT2D eigenvalue weighted by atomic mass is 16.2. The molecule has 2 heterocycles. The molecule has 2 rings (SSSR count). The fraction of sp³-hybridized carbons (Fsp3) is 0.611. The number of carbonyl (C=O) groups excluding carboxylic acids is 1. The van der Waals surface area contributed by atoms with Crippen LogP contribution in [0.15, 0.2) is 24.5 Å². The predicted molar refractivity (Wildman–Crippen MR) is 93.0 cm³/mol. The summed E-state index contributed by atoms with van der Waals surface area (Å²) in [5.41, 5.74) is 1.10. The molecule has 0 aliphatic carbocycles. The fourth-order valence-corrected chi connectivity index (χ4v) is 3.09. The number of rotatable bonds is 6. The summed E-state index contributed by atoms with van der Waals surface area (Å²) in [5.74, 6) is 0.460. The number of hydrogen-bond acceptors (Lipinski definition) is 5. The van der Waals surface area contributed by atoms with Gasteiger partial charge in [0.25, 0.3) is 0 Å². The largest absolute Gasteiger partial charge is 0.339 e. The number of pyridine rings is 1. The first-order valence-electron chi connectivity index (χ1n) is 8.50. The van der Waals surface area contributed by atoms with Crippen LogP contribution >= 0.6 is 0 Å². The number of nitriles is 1. The van der Waals surface area contributed by atoms with Gasteiger partial charge in [-0.3, -0.25) is 19.6 Å². The van der Waals surface area contributed by atoms with Crippen LogP contribution in [0, 0.1) is 17.2 Å². The maximum absolute atomic E-state index is 12.5. The van der Waals surface area contributed by atoms with Crippen molar-refractivity contribution < 1.29 is 4.79 Å². The minimum absolute atomic E-state index is 0.0597. The summed E-state index contributed by atoms with van der Waals surface area (Å²) in [5, 5.41) is 9.30. The molecule has 1 unspecified atom stereocenters. The van der Waals surface area contributed by atoms with E-state index < -0.39 is 0 Å². The van der Waals surface area contributed by atoms with E-state index in [-0.39, 0.29) is 11.9 Å². The predicted octanol–water partition coefficient (Wildman–Crippen LogP) is 1.21. The average molecular weight is 329 g/mol. The molecule has 1 amide bonds. The van der Waals surface area contributed by atoms with Crippen LogP contribution in [0.25, 0.3) is 0 Å². The summed E-state index contributed by atoms with van der Waals surface area (Å²) < 4.78 is 0. The van der Waals surface area contributed by atoms with Gasteiger partial charge in [0.2, 0.25) is 5.91 Å². The number of hydrogen-bond donors (Lipinski definition) is 0. The summed E-state index contributed by atoms with van der Waals surface area (Å²) in [4.78, 5) is 22.7. The van der Waals surface area contributed by atoms with Crippen molar-refractivity contribution in [2.24, 2.45) is 5.92 Å². The molecule has 1 atom stereocenters. The SMILES string of the molecule is CC(C)C(C#N)N1CCN(C(=O)CN(C)Cc2cccnc2)CC1. The first-order chi connectivity index (χ1) is 11.5. The van der Waals surface area contributed by atoms with Crippen LogP contribution in [0.4, 0.5) is 0 Å². The molecule has 1 aromatic rings. The van der Waals surface area contributed by atoms with Crippen LogP contribution in [-0.2, 0) is 11.3 Å². The van der Waals surface area contributed by atoms with E-state index in [4.69, 9.17) is 0 Å². The normalized spacial score (nSPS) is 17.1. The Kier molecular flexibility index (Phi) is 6.71. The second-order valence-electron chi connectivity index (χ2n) is 6.77. The van der Waals surface area contributed by atoms with E-state index >= 15 is 0 Å². The molecule has 0 aromatic carbocycles. The molecule has 1 fully saturated rings. The summed E-state index contributed by atoms with van der Waals surface area (Å²) in [6.45, 7) is 8.19. The van der Waals surface area contributed by atoms with Gasteiger partial charge in [0.05, 0.1) is 12.6 Å². The van der Waals surface area contributed by atoms with E-state index in [1.54, 1.807) is 6.20 Å². The Balaban J connectivity index is 1.79. The highest BCUT2D eigenvalue weighted by Crippen LogP contribution is 2.13. The summed E-state index contributed by atoms with van der Waals surface area (Å²) >= 11 is 0. The zero-order valence-corrected chi connectivity index (χ0v) is 14.9. The molecule has 6 nitrogen and oxygen atoms in total. The lowest BCUT2D eigenvalue weighted by Crippen LogP contribution is -2.54. The number of carbonyl (C=O) groups is 1. The van der Waals surface area contributed by atoms with Crippen LogP contribution in [0.5, 0.6) is 0 Å². The molecular weight excluding hydrogens is 302 g/mol. The van der Waals surface area contributed by atoms with Gasteiger partial charge in [-0.1, -0.05) is 19.9 Å². The molecule has 6 heteroatoms. The number of likely N-dealkylation sites (N-methyl/N-ethyl adjacent to an activating group) is 1. The fourth-order valence-electron chi connectivity index (χ4n) is 3.09. The molecule has 1 saturated heterocycles. The first-order valence-corrected chi connectivity index (χ1v) is 8.50. The van der Waals surface area contributed by atoms with E-state index in [0.717, 1.165) is 18.7 Å². The Labute approximate surface area is 144 Å². The van der Waals surface area contributed by atoms with Crippen LogP contribution in [0.3, 0.4) is 0 Å². The minimum atomic E-state index is -0.0597. The van der Waals surface area contributed by atoms with Crippen molar-refractivity contribution in [3.63, 3.8) is 0 Å². The van der Waals surface area contributed by atoms with E-state index in [1.807, 2.05) is 35.2 Å². The summed E-state index contributed by atoms with van der Waals surface area (Å²) in [7, 11) is 1.95.